The summed E-state index contributed by atoms with van der Waals surface area (Å²) in [6, 6.07) is 10.8. The lowest BCUT2D eigenvalue weighted by Gasteiger charge is -2.51. The number of ether oxygens (including phenoxy) is 3. The Hall–Kier alpha value is -4.42. The highest BCUT2D eigenvalue weighted by Crippen LogP contribution is 2.47. The molecule has 4 N–H and O–H groups in total. The maximum atomic E-state index is 10.9. The number of aromatic carboxylic acids is 2. The quantitative estimate of drug-likeness (QED) is 0.0858. The number of rotatable bonds is 15. The largest absolute Gasteiger partial charge is 0.543 e. The van der Waals surface area contributed by atoms with Gasteiger partial charge in [-0.15, -0.1) is 0 Å². The van der Waals surface area contributed by atoms with Crippen molar-refractivity contribution in [1.29, 1.82) is 0 Å². The number of unbranched alkanes of at least 4 members (excludes halogenated alkanes) is 4. The first-order valence-electron chi connectivity index (χ1n) is 21.7. The average Bonchev–Trinajstić information content (AvgIpc) is 3.19. The maximum Gasteiger partial charge on any atom is 0.336 e. The Morgan fingerprint density at radius 2 is 1.21 bits per heavy atom. The summed E-state index contributed by atoms with van der Waals surface area (Å²) in [5.74, 6) is -2.11. The van der Waals surface area contributed by atoms with E-state index < -0.39 is 26.2 Å². The van der Waals surface area contributed by atoms with Crippen LogP contribution in [0.2, 0.25) is 18.1 Å². The molecule has 0 saturated carbocycles. The van der Waals surface area contributed by atoms with Crippen LogP contribution in [0.15, 0.2) is 48.6 Å². The molecule has 3 aliphatic rings. The SMILES string of the molecule is CCC/C=C\c1cc(O)c(C)c(C(=O)O)c1.CCC/C=C\c1cc(O[Si](C)(C)C(C)(C)C)c(C)c(C23OCC(C)(CO2)CO3)c1.CCCCCc1cc(O)c(C)c(C(=O)O)c1. The van der Waals surface area contributed by atoms with E-state index >= 15 is 0 Å². The van der Waals surface area contributed by atoms with Crippen LogP contribution in [0.25, 0.3) is 12.2 Å². The third kappa shape index (κ3) is 13.8. The van der Waals surface area contributed by atoms with E-state index in [0.717, 1.165) is 79.4 Å². The first-order valence-corrected chi connectivity index (χ1v) is 24.7. The van der Waals surface area contributed by atoms with Crippen molar-refractivity contribution in [3.8, 4) is 17.2 Å². The second-order valence-corrected chi connectivity index (χ2v) is 23.0. The Labute approximate surface area is 365 Å². The van der Waals surface area contributed by atoms with Gasteiger partial charge >= 0.3 is 17.9 Å². The van der Waals surface area contributed by atoms with E-state index in [1.165, 1.54) is 0 Å². The second kappa shape index (κ2) is 22.1. The Morgan fingerprint density at radius 1 is 0.721 bits per heavy atom. The summed E-state index contributed by atoms with van der Waals surface area (Å²) in [5, 5.41) is 37.3. The topological polar surface area (TPSA) is 152 Å². The van der Waals surface area contributed by atoms with Gasteiger partial charge in [0.2, 0.25) is 8.32 Å². The Morgan fingerprint density at radius 3 is 1.69 bits per heavy atom. The smallest absolute Gasteiger partial charge is 0.336 e. The molecule has 3 fully saturated rings. The molecule has 10 nitrogen and oxygen atoms in total. The number of aromatic hydroxyl groups is 2. The van der Waals surface area contributed by atoms with E-state index in [4.69, 9.17) is 28.8 Å². The molecule has 61 heavy (non-hydrogen) atoms. The summed E-state index contributed by atoms with van der Waals surface area (Å²) in [6.07, 6.45) is 16.4. The first-order chi connectivity index (χ1) is 28.5. The number of aryl methyl sites for hydroxylation is 1. The zero-order valence-electron chi connectivity index (χ0n) is 38.8. The monoisotopic (exact) mass is 860 g/mol. The van der Waals surface area contributed by atoms with Crippen LogP contribution in [0.3, 0.4) is 0 Å². The number of hydrogen-bond donors (Lipinski definition) is 4. The Bertz CT molecular complexity index is 2000. The van der Waals surface area contributed by atoms with Gasteiger partial charge in [-0.1, -0.05) is 98.5 Å². The maximum absolute atomic E-state index is 10.9. The summed E-state index contributed by atoms with van der Waals surface area (Å²) in [4.78, 5) is 21.9. The molecule has 6 rings (SSSR count). The van der Waals surface area contributed by atoms with Gasteiger partial charge in [-0.3, -0.25) is 0 Å². The van der Waals surface area contributed by atoms with Crippen molar-refractivity contribution in [1.82, 2.24) is 0 Å². The molecule has 0 radical (unpaired) electrons. The fourth-order valence-electron chi connectivity index (χ4n) is 6.46. The van der Waals surface area contributed by atoms with E-state index in [-0.39, 0.29) is 33.1 Å². The standard InChI is InChI=1S/C24H38O4Si.C13H18O3.C13H16O3/c1-9-10-11-12-19-13-20(24-25-15-23(6,16-26-24)17-27-24)18(2)21(14-19)28-29(7,8)22(3,4)5;2*1-3-4-5-6-10-7-11(13(15)16)9(2)12(14)8-10/h11-14H,9-10,15-17H2,1-8H3;7-8,14H,3-6H2,1-2H3,(H,15,16);5-8,14H,3-4H2,1-2H3,(H,15,16)/b12-11-;;6-5-. The molecule has 2 bridgehead atoms. The summed E-state index contributed by atoms with van der Waals surface area (Å²) in [5.41, 5.74) is 5.79. The van der Waals surface area contributed by atoms with Crippen LogP contribution in [-0.4, -0.2) is 60.5 Å². The number of allylic oxidation sites excluding steroid dienone is 2. The molecule has 0 aliphatic carbocycles. The molecule has 336 valence electrons. The molecule has 0 aromatic heterocycles. The van der Waals surface area contributed by atoms with Gasteiger partial charge in [0.15, 0.2) is 0 Å². The number of carboxylic acid groups (broad SMARTS) is 2. The third-order valence-corrected chi connectivity index (χ3v) is 16.0. The van der Waals surface area contributed by atoms with Gasteiger partial charge in [0.25, 0.3) is 0 Å². The van der Waals surface area contributed by atoms with Gasteiger partial charge in [-0.2, -0.15) is 0 Å². The second-order valence-electron chi connectivity index (χ2n) is 18.2. The lowest BCUT2D eigenvalue weighted by Crippen LogP contribution is -2.57. The summed E-state index contributed by atoms with van der Waals surface area (Å²) in [7, 11) is -1.99. The summed E-state index contributed by atoms with van der Waals surface area (Å²) in [6.45, 7) is 27.1. The van der Waals surface area contributed by atoms with Crippen LogP contribution in [0.4, 0.5) is 0 Å². The fourth-order valence-corrected chi connectivity index (χ4v) is 7.53. The van der Waals surface area contributed by atoms with Crippen molar-refractivity contribution in [2.45, 2.75) is 145 Å². The van der Waals surface area contributed by atoms with Crippen LogP contribution < -0.4 is 4.43 Å². The molecule has 0 unspecified atom stereocenters. The van der Waals surface area contributed by atoms with Crippen LogP contribution >= 0.6 is 0 Å². The molecular formula is C50H72O10Si. The number of fused-ring (bicyclic) bond motifs is 3. The Kier molecular flexibility index (Phi) is 18.4. The highest BCUT2D eigenvalue weighted by molar-refractivity contribution is 6.74. The zero-order valence-corrected chi connectivity index (χ0v) is 39.8. The first kappa shape index (κ1) is 50.9. The van der Waals surface area contributed by atoms with Gasteiger partial charge in [-0.05, 0) is 118 Å². The number of benzene rings is 3. The Balaban J connectivity index is 0.000000265. The lowest BCUT2D eigenvalue weighted by atomic mass is 9.90. The van der Waals surface area contributed by atoms with Crippen LogP contribution in [0, 0.1) is 26.2 Å². The molecule has 11 heteroatoms. The minimum atomic E-state index is -1.99. The molecule has 3 aromatic rings. The van der Waals surface area contributed by atoms with Crippen molar-refractivity contribution in [3.05, 3.63) is 98.6 Å². The van der Waals surface area contributed by atoms with Crippen LogP contribution in [-0.2, 0) is 26.6 Å². The highest BCUT2D eigenvalue weighted by Gasteiger charge is 2.52. The van der Waals surface area contributed by atoms with E-state index in [0.29, 0.717) is 36.5 Å². The molecule has 0 amide bonds. The van der Waals surface area contributed by atoms with Gasteiger partial charge < -0.3 is 39.1 Å². The van der Waals surface area contributed by atoms with Gasteiger partial charge in [0.1, 0.15) is 17.2 Å². The van der Waals surface area contributed by atoms with Gasteiger partial charge in [0.05, 0.1) is 30.9 Å². The molecular weight excluding hydrogens is 789 g/mol. The van der Waals surface area contributed by atoms with Crippen molar-refractivity contribution in [2.75, 3.05) is 19.8 Å². The predicted molar refractivity (Wildman–Crippen MR) is 247 cm³/mol. The molecule has 0 atom stereocenters. The van der Waals surface area contributed by atoms with Crippen LogP contribution in [0.1, 0.15) is 153 Å². The third-order valence-electron chi connectivity index (χ3n) is 11.6. The molecule has 0 spiro atoms. The van der Waals surface area contributed by atoms with Gasteiger partial charge in [-0.25, -0.2) is 9.59 Å². The average molecular weight is 861 g/mol. The molecule has 3 aromatic carbocycles. The minimum absolute atomic E-state index is 0.0241. The number of carboxylic acids is 2. The number of carbonyl (C=O) groups is 2. The fraction of sp³-hybridized carbons (Fsp3) is 0.520. The number of hydrogen-bond acceptors (Lipinski definition) is 8. The predicted octanol–water partition coefficient (Wildman–Crippen LogP) is 12.7. The van der Waals surface area contributed by atoms with E-state index in [1.807, 2.05) is 12.2 Å². The molecule has 3 heterocycles. The van der Waals surface area contributed by atoms with E-state index in [2.05, 4.69) is 92.8 Å². The van der Waals surface area contributed by atoms with Crippen molar-refractivity contribution < 1.29 is 48.7 Å². The van der Waals surface area contributed by atoms with Crippen molar-refractivity contribution >= 4 is 32.4 Å². The number of phenolic OH excluding ortho intramolecular Hbond substituents is 2. The number of phenols is 2. The van der Waals surface area contributed by atoms with E-state index in [9.17, 15) is 19.8 Å². The molecule has 3 saturated heterocycles. The van der Waals surface area contributed by atoms with Crippen molar-refractivity contribution in [3.63, 3.8) is 0 Å². The zero-order chi connectivity index (χ0) is 45.8. The normalized spacial score (nSPS) is 18.7. The lowest BCUT2D eigenvalue weighted by molar-refractivity contribution is -0.477. The summed E-state index contributed by atoms with van der Waals surface area (Å²) < 4.78 is 25.2. The van der Waals surface area contributed by atoms with E-state index in [1.54, 1.807) is 38.1 Å². The summed E-state index contributed by atoms with van der Waals surface area (Å²) >= 11 is 0. The molecule has 3 aliphatic heterocycles. The van der Waals surface area contributed by atoms with Crippen molar-refractivity contribution in [2.24, 2.45) is 5.41 Å². The highest BCUT2D eigenvalue weighted by atomic mass is 28.4. The van der Waals surface area contributed by atoms with Crippen LogP contribution in [0.5, 0.6) is 17.2 Å². The van der Waals surface area contributed by atoms with Gasteiger partial charge in [0, 0.05) is 27.7 Å². The minimum Gasteiger partial charge on any atom is -0.543 e.